The molecule has 6 heteroatoms. The van der Waals surface area contributed by atoms with Crippen molar-refractivity contribution in [3.63, 3.8) is 0 Å². The Balaban J connectivity index is 2.23. The first-order chi connectivity index (χ1) is 10.8. The Kier molecular flexibility index (Phi) is 8.87. The lowest BCUT2D eigenvalue weighted by Gasteiger charge is -2.31. The summed E-state index contributed by atoms with van der Waals surface area (Å²) in [5.41, 5.74) is -0.454. The molecule has 0 spiro atoms. The number of carbonyl (C=O) groups excluding carboxylic acids is 1. The molecule has 6 nitrogen and oxygen atoms in total. The molecule has 3 atom stereocenters. The second-order valence-corrected chi connectivity index (χ2v) is 7.29. The molecule has 1 aliphatic rings. The molecule has 136 valence electrons. The van der Waals surface area contributed by atoms with Crippen LogP contribution in [0.4, 0.5) is 4.79 Å². The van der Waals surface area contributed by atoms with Gasteiger partial charge in [-0.05, 0) is 53.4 Å². The van der Waals surface area contributed by atoms with Crippen molar-refractivity contribution in [1.82, 2.24) is 10.6 Å². The van der Waals surface area contributed by atoms with Gasteiger partial charge >= 0.3 is 6.09 Å². The van der Waals surface area contributed by atoms with Crippen molar-refractivity contribution in [3.05, 3.63) is 0 Å². The van der Waals surface area contributed by atoms with E-state index in [4.69, 9.17) is 14.2 Å². The molecule has 0 aromatic rings. The average molecular weight is 330 g/mol. The number of rotatable bonds is 8. The van der Waals surface area contributed by atoms with Crippen LogP contribution >= 0.6 is 0 Å². The normalized spacial score (nSPS) is 23.3. The van der Waals surface area contributed by atoms with Gasteiger partial charge in [0, 0.05) is 32.3 Å². The summed E-state index contributed by atoms with van der Waals surface area (Å²) in [5, 5.41) is 6.46. The molecule has 0 radical (unpaired) electrons. The van der Waals surface area contributed by atoms with Gasteiger partial charge < -0.3 is 24.8 Å². The Morgan fingerprint density at radius 3 is 2.74 bits per heavy atom. The summed E-state index contributed by atoms with van der Waals surface area (Å²) < 4.78 is 16.1. The van der Waals surface area contributed by atoms with E-state index in [9.17, 15) is 4.79 Å². The highest BCUT2D eigenvalue weighted by atomic mass is 16.6. The van der Waals surface area contributed by atoms with Gasteiger partial charge in [0.1, 0.15) is 5.60 Å². The summed E-state index contributed by atoms with van der Waals surface area (Å²) in [6.45, 7) is 9.81. The molecule has 23 heavy (non-hydrogen) atoms. The number of methoxy groups -OCH3 is 1. The second-order valence-electron chi connectivity index (χ2n) is 7.29. The standard InChI is InChI=1S/C17H34N2O4/c1-13-11-14(8-10-22-13)19-15(12-21-5)7-6-9-18-16(20)23-17(2,3)4/h13-15,19H,6-12H2,1-5H3,(H,18,20). The molecular formula is C17H34N2O4. The van der Waals surface area contributed by atoms with Crippen molar-refractivity contribution in [2.45, 2.75) is 77.2 Å². The Labute approximate surface area is 140 Å². The molecule has 2 N–H and O–H groups in total. The van der Waals surface area contributed by atoms with E-state index in [0.29, 0.717) is 31.3 Å². The summed E-state index contributed by atoms with van der Waals surface area (Å²) in [6, 6.07) is 0.786. The largest absolute Gasteiger partial charge is 0.444 e. The van der Waals surface area contributed by atoms with E-state index in [1.54, 1.807) is 7.11 Å². The van der Waals surface area contributed by atoms with Gasteiger partial charge in [0.05, 0.1) is 12.7 Å². The van der Waals surface area contributed by atoms with E-state index >= 15 is 0 Å². The molecule has 1 saturated heterocycles. The van der Waals surface area contributed by atoms with Crippen LogP contribution in [0.25, 0.3) is 0 Å². The number of ether oxygens (including phenoxy) is 3. The molecule has 1 aliphatic heterocycles. The predicted molar refractivity (Wildman–Crippen MR) is 90.7 cm³/mol. The van der Waals surface area contributed by atoms with Crippen LogP contribution in [0.3, 0.4) is 0 Å². The van der Waals surface area contributed by atoms with Gasteiger partial charge in [-0.15, -0.1) is 0 Å². The van der Waals surface area contributed by atoms with E-state index in [2.05, 4.69) is 17.6 Å². The van der Waals surface area contributed by atoms with Gasteiger partial charge in [0.2, 0.25) is 0 Å². The van der Waals surface area contributed by atoms with Crippen molar-refractivity contribution in [2.75, 3.05) is 26.9 Å². The summed E-state index contributed by atoms with van der Waals surface area (Å²) >= 11 is 0. The number of carbonyl (C=O) groups is 1. The fourth-order valence-electron chi connectivity index (χ4n) is 2.75. The number of alkyl carbamates (subject to hydrolysis) is 1. The van der Waals surface area contributed by atoms with Gasteiger partial charge in [0.25, 0.3) is 0 Å². The highest BCUT2D eigenvalue weighted by molar-refractivity contribution is 5.67. The van der Waals surface area contributed by atoms with E-state index in [0.717, 1.165) is 32.3 Å². The van der Waals surface area contributed by atoms with Crippen LogP contribution in [0, 0.1) is 0 Å². The van der Waals surface area contributed by atoms with Gasteiger partial charge in [-0.3, -0.25) is 0 Å². The maximum Gasteiger partial charge on any atom is 0.407 e. The molecule has 1 rings (SSSR count). The summed E-state index contributed by atoms with van der Waals surface area (Å²) in [4.78, 5) is 11.6. The third kappa shape index (κ3) is 9.79. The summed E-state index contributed by atoms with van der Waals surface area (Å²) in [7, 11) is 1.72. The molecular weight excluding hydrogens is 296 g/mol. The van der Waals surface area contributed by atoms with E-state index in [1.807, 2.05) is 20.8 Å². The third-order valence-corrected chi connectivity index (χ3v) is 3.72. The van der Waals surface area contributed by atoms with Crippen molar-refractivity contribution >= 4 is 6.09 Å². The highest BCUT2D eigenvalue weighted by Gasteiger charge is 2.22. The predicted octanol–water partition coefficient (Wildman–Crippen LogP) is 2.46. The lowest BCUT2D eigenvalue weighted by molar-refractivity contribution is 0.00843. The molecule has 0 aromatic carbocycles. The van der Waals surface area contributed by atoms with Gasteiger partial charge in [-0.25, -0.2) is 4.79 Å². The maximum absolute atomic E-state index is 11.6. The van der Waals surface area contributed by atoms with Crippen molar-refractivity contribution in [1.29, 1.82) is 0 Å². The fourth-order valence-corrected chi connectivity index (χ4v) is 2.75. The van der Waals surface area contributed by atoms with Crippen molar-refractivity contribution in [3.8, 4) is 0 Å². The van der Waals surface area contributed by atoms with E-state index in [1.165, 1.54) is 0 Å². The Morgan fingerprint density at radius 1 is 1.39 bits per heavy atom. The molecule has 0 saturated carbocycles. The smallest absolute Gasteiger partial charge is 0.407 e. The maximum atomic E-state index is 11.6. The number of nitrogens with one attached hydrogen (secondary N) is 2. The van der Waals surface area contributed by atoms with Gasteiger partial charge in [0.15, 0.2) is 0 Å². The zero-order valence-electron chi connectivity index (χ0n) is 15.3. The quantitative estimate of drug-likeness (QED) is 0.669. The van der Waals surface area contributed by atoms with Crippen molar-refractivity contribution < 1.29 is 19.0 Å². The first-order valence-electron chi connectivity index (χ1n) is 8.63. The van der Waals surface area contributed by atoms with Gasteiger partial charge in [-0.1, -0.05) is 0 Å². The number of hydrogen-bond acceptors (Lipinski definition) is 5. The number of amides is 1. The molecule has 1 amide bonds. The minimum absolute atomic E-state index is 0.302. The molecule has 1 heterocycles. The Hall–Kier alpha value is -0.850. The highest BCUT2D eigenvalue weighted by Crippen LogP contribution is 2.14. The van der Waals surface area contributed by atoms with E-state index < -0.39 is 5.60 Å². The lowest BCUT2D eigenvalue weighted by atomic mass is 10.0. The monoisotopic (exact) mass is 330 g/mol. The summed E-state index contributed by atoms with van der Waals surface area (Å²) in [5.74, 6) is 0. The number of hydrogen-bond donors (Lipinski definition) is 2. The van der Waals surface area contributed by atoms with Crippen molar-refractivity contribution in [2.24, 2.45) is 0 Å². The molecule has 1 fully saturated rings. The SMILES string of the molecule is COCC(CCCNC(=O)OC(C)(C)C)NC1CCOC(C)C1. The topological polar surface area (TPSA) is 68.8 Å². The third-order valence-electron chi connectivity index (χ3n) is 3.72. The molecule has 3 unspecified atom stereocenters. The van der Waals surface area contributed by atoms with Gasteiger partial charge in [-0.2, -0.15) is 0 Å². The summed E-state index contributed by atoms with van der Waals surface area (Å²) in [6.07, 6.45) is 3.89. The Morgan fingerprint density at radius 2 is 2.13 bits per heavy atom. The molecule has 0 aliphatic carbocycles. The van der Waals surface area contributed by atoms with Crippen LogP contribution in [0.15, 0.2) is 0 Å². The Bertz CT molecular complexity index is 344. The van der Waals surface area contributed by atoms with Crippen LogP contribution < -0.4 is 10.6 Å². The van der Waals surface area contributed by atoms with Crippen LogP contribution in [0.2, 0.25) is 0 Å². The first kappa shape index (κ1) is 20.2. The van der Waals surface area contributed by atoms with Crippen LogP contribution in [0.5, 0.6) is 0 Å². The second kappa shape index (κ2) is 10.1. The minimum atomic E-state index is -0.454. The van der Waals surface area contributed by atoms with Crippen LogP contribution in [-0.4, -0.2) is 56.8 Å². The van der Waals surface area contributed by atoms with E-state index in [-0.39, 0.29) is 6.09 Å². The molecule has 0 bridgehead atoms. The fraction of sp³-hybridized carbons (Fsp3) is 0.941. The lowest BCUT2D eigenvalue weighted by Crippen LogP contribution is -2.45. The van der Waals surface area contributed by atoms with Crippen LogP contribution in [-0.2, 0) is 14.2 Å². The zero-order chi connectivity index (χ0) is 17.3. The average Bonchev–Trinajstić information content (AvgIpc) is 2.42. The first-order valence-corrected chi connectivity index (χ1v) is 8.63. The van der Waals surface area contributed by atoms with Crippen LogP contribution in [0.1, 0.15) is 53.4 Å². The minimum Gasteiger partial charge on any atom is -0.444 e. The zero-order valence-corrected chi connectivity index (χ0v) is 15.3. The molecule has 0 aromatic heterocycles.